The van der Waals surface area contributed by atoms with Crippen molar-refractivity contribution in [2.24, 2.45) is 11.7 Å². The van der Waals surface area contributed by atoms with Crippen LogP contribution in [0.2, 0.25) is 0 Å². The third-order valence-corrected chi connectivity index (χ3v) is 4.08. The molecule has 0 bridgehead atoms. The normalized spacial score (nSPS) is 16.4. The van der Waals surface area contributed by atoms with E-state index in [2.05, 4.69) is 16.8 Å². The zero-order valence-electron chi connectivity index (χ0n) is 13.8. The van der Waals surface area contributed by atoms with E-state index < -0.39 is 5.91 Å². The lowest BCUT2D eigenvalue weighted by Gasteiger charge is -2.06. The molecule has 6 heteroatoms. The molecule has 0 spiro atoms. The van der Waals surface area contributed by atoms with Crippen LogP contribution in [0.15, 0.2) is 36.4 Å². The summed E-state index contributed by atoms with van der Waals surface area (Å²) in [5.41, 5.74) is 13.7. The van der Waals surface area contributed by atoms with E-state index in [1.165, 1.54) is 6.07 Å². The summed E-state index contributed by atoms with van der Waals surface area (Å²) in [5.74, 6) is 5.27. The van der Waals surface area contributed by atoms with Crippen LogP contribution in [0.4, 0.5) is 5.69 Å². The Morgan fingerprint density at radius 2 is 2.12 bits per heavy atom. The molecular weight excluding hydrogens is 316 g/mol. The molecule has 1 saturated heterocycles. The Hall–Kier alpha value is -3.33. The Kier molecular flexibility index (Phi) is 4.40. The van der Waals surface area contributed by atoms with Gasteiger partial charge in [0, 0.05) is 30.4 Å². The second-order valence-corrected chi connectivity index (χ2v) is 5.99. The first-order valence-electron chi connectivity index (χ1n) is 7.88. The van der Waals surface area contributed by atoms with E-state index in [4.69, 9.17) is 11.5 Å². The van der Waals surface area contributed by atoms with Crippen molar-refractivity contribution in [1.82, 2.24) is 9.88 Å². The topological polar surface area (TPSA) is 102 Å². The number of hydrogen-bond donors (Lipinski definition) is 2. The maximum Gasteiger partial charge on any atom is 0.267 e. The van der Waals surface area contributed by atoms with Crippen LogP contribution in [-0.2, 0) is 4.79 Å². The fraction of sp³-hybridized carbons (Fsp3) is 0.211. The Bertz CT molecular complexity index is 911. The Morgan fingerprint density at radius 3 is 2.80 bits per heavy atom. The number of primary amides is 1. The van der Waals surface area contributed by atoms with Crippen molar-refractivity contribution in [1.29, 1.82) is 0 Å². The van der Waals surface area contributed by atoms with Gasteiger partial charge in [0.15, 0.2) is 0 Å². The van der Waals surface area contributed by atoms with Gasteiger partial charge in [0.1, 0.15) is 11.6 Å². The van der Waals surface area contributed by atoms with E-state index in [9.17, 15) is 9.59 Å². The zero-order chi connectivity index (χ0) is 18.0. The lowest BCUT2D eigenvalue weighted by atomic mass is 10.0. The second kappa shape index (κ2) is 6.65. The molecule has 2 heterocycles. The zero-order valence-corrected chi connectivity index (χ0v) is 13.8. The summed E-state index contributed by atoms with van der Waals surface area (Å²) in [7, 11) is 1.78. The first kappa shape index (κ1) is 16.5. The summed E-state index contributed by atoms with van der Waals surface area (Å²) in [4.78, 5) is 29.2. The maximum atomic E-state index is 11.9. The van der Waals surface area contributed by atoms with Gasteiger partial charge in [-0.25, -0.2) is 4.98 Å². The summed E-state index contributed by atoms with van der Waals surface area (Å²) < 4.78 is 0. The first-order chi connectivity index (χ1) is 11.9. The van der Waals surface area contributed by atoms with Gasteiger partial charge in [-0.05, 0) is 30.7 Å². The molecule has 2 amide bonds. The average molecular weight is 334 g/mol. The number of pyridine rings is 1. The van der Waals surface area contributed by atoms with E-state index in [0.29, 0.717) is 11.4 Å². The molecule has 4 N–H and O–H groups in total. The SMILES string of the molecule is CN1CC[C@@H](C#Cc2cccc(-c3cc(N)cc(C(N)=O)n3)c2)C1=O. The average Bonchev–Trinajstić information content (AvgIpc) is 2.91. The summed E-state index contributed by atoms with van der Waals surface area (Å²) in [6.07, 6.45) is 0.751. The number of likely N-dealkylation sites (tertiary alicyclic amines) is 1. The second-order valence-electron chi connectivity index (χ2n) is 5.99. The van der Waals surface area contributed by atoms with E-state index in [1.54, 1.807) is 18.0 Å². The van der Waals surface area contributed by atoms with E-state index in [1.807, 2.05) is 24.3 Å². The lowest BCUT2D eigenvalue weighted by molar-refractivity contribution is -0.128. The Morgan fingerprint density at radius 1 is 1.32 bits per heavy atom. The molecule has 1 aliphatic rings. The smallest absolute Gasteiger partial charge is 0.267 e. The minimum absolute atomic E-state index is 0.0623. The molecule has 6 nitrogen and oxygen atoms in total. The van der Waals surface area contributed by atoms with Crippen LogP contribution in [0, 0.1) is 17.8 Å². The molecule has 1 aromatic carbocycles. The predicted molar refractivity (Wildman–Crippen MR) is 95.2 cm³/mol. The Labute approximate surface area is 145 Å². The van der Waals surface area contributed by atoms with Crippen molar-refractivity contribution in [3.05, 3.63) is 47.7 Å². The number of rotatable bonds is 2. The minimum Gasteiger partial charge on any atom is -0.399 e. The molecule has 25 heavy (non-hydrogen) atoms. The number of anilines is 1. The van der Waals surface area contributed by atoms with Crippen LogP contribution in [0.3, 0.4) is 0 Å². The summed E-state index contributed by atoms with van der Waals surface area (Å²) in [5, 5.41) is 0. The number of carbonyl (C=O) groups is 2. The maximum absolute atomic E-state index is 11.9. The van der Waals surface area contributed by atoms with Crippen molar-refractivity contribution in [2.45, 2.75) is 6.42 Å². The van der Waals surface area contributed by atoms with Gasteiger partial charge in [-0.2, -0.15) is 0 Å². The highest BCUT2D eigenvalue weighted by atomic mass is 16.2. The highest BCUT2D eigenvalue weighted by Crippen LogP contribution is 2.22. The van der Waals surface area contributed by atoms with Gasteiger partial charge in [-0.1, -0.05) is 24.0 Å². The summed E-state index contributed by atoms with van der Waals surface area (Å²) >= 11 is 0. The molecule has 126 valence electrons. The van der Waals surface area contributed by atoms with Crippen LogP contribution in [0.25, 0.3) is 11.3 Å². The quantitative estimate of drug-likeness (QED) is 0.807. The van der Waals surface area contributed by atoms with Crippen LogP contribution >= 0.6 is 0 Å². The van der Waals surface area contributed by atoms with Gasteiger partial charge < -0.3 is 16.4 Å². The minimum atomic E-state index is -0.631. The molecule has 3 rings (SSSR count). The molecule has 0 unspecified atom stereocenters. The van der Waals surface area contributed by atoms with E-state index in [-0.39, 0.29) is 17.5 Å². The molecule has 0 radical (unpaired) electrons. The summed E-state index contributed by atoms with van der Waals surface area (Å²) in [6, 6.07) is 10.5. The largest absolute Gasteiger partial charge is 0.399 e. The van der Waals surface area contributed by atoms with Gasteiger partial charge in [-0.15, -0.1) is 0 Å². The number of nitrogen functional groups attached to an aromatic ring is 1. The van der Waals surface area contributed by atoms with E-state index in [0.717, 1.165) is 24.1 Å². The number of nitrogens with zero attached hydrogens (tertiary/aromatic N) is 2. The fourth-order valence-electron chi connectivity index (χ4n) is 2.71. The van der Waals surface area contributed by atoms with E-state index >= 15 is 0 Å². The molecule has 1 atom stereocenters. The number of nitrogens with two attached hydrogens (primary N) is 2. The van der Waals surface area contributed by atoms with Crippen molar-refractivity contribution in [3.63, 3.8) is 0 Å². The molecule has 1 aliphatic heterocycles. The Balaban J connectivity index is 1.90. The molecule has 2 aromatic rings. The van der Waals surface area contributed by atoms with Crippen LogP contribution in [0.5, 0.6) is 0 Å². The van der Waals surface area contributed by atoms with Gasteiger partial charge in [-0.3, -0.25) is 9.59 Å². The monoisotopic (exact) mass is 334 g/mol. The van der Waals surface area contributed by atoms with Crippen molar-refractivity contribution in [2.75, 3.05) is 19.3 Å². The van der Waals surface area contributed by atoms with Crippen LogP contribution in [-0.4, -0.2) is 35.3 Å². The number of benzene rings is 1. The molecular formula is C19H18N4O2. The molecule has 0 saturated carbocycles. The lowest BCUT2D eigenvalue weighted by Crippen LogP contribution is -2.21. The third kappa shape index (κ3) is 3.61. The van der Waals surface area contributed by atoms with Crippen molar-refractivity contribution < 1.29 is 9.59 Å². The van der Waals surface area contributed by atoms with Crippen molar-refractivity contribution in [3.8, 4) is 23.1 Å². The third-order valence-electron chi connectivity index (χ3n) is 4.08. The number of aromatic nitrogens is 1. The fourth-order valence-corrected chi connectivity index (χ4v) is 2.71. The van der Waals surface area contributed by atoms with Gasteiger partial charge in [0.25, 0.3) is 5.91 Å². The number of hydrogen-bond acceptors (Lipinski definition) is 4. The molecule has 1 aromatic heterocycles. The predicted octanol–water partition coefficient (Wildman–Crippen LogP) is 1.26. The van der Waals surface area contributed by atoms with Gasteiger partial charge in [0.2, 0.25) is 5.91 Å². The highest BCUT2D eigenvalue weighted by Gasteiger charge is 2.27. The highest BCUT2D eigenvalue weighted by molar-refractivity contribution is 5.92. The molecule has 0 aliphatic carbocycles. The summed E-state index contributed by atoms with van der Waals surface area (Å²) in [6.45, 7) is 0.737. The number of carbonyl (C=O) groups excluding carboxylic acids is 2. The van der Waals surface area contributed by atoms with Crippen molar-refractivity contribution >= 4 is 17.5 Å². The van der Waals surface area contributed by atoms with Gasteiger partial charge in [0.05, 0.1) is 5.69 Å². The first-order valence-corrected chi connectivity index (χ1v) is 7.88. The molecule has 1 fully saturated rings. The van der Waals surface area contributed by atoms with Gasteiger partial charge >= 0.3 is 0 Å². The standard InChI is InChI=1S/C19H18N4O2/c1-23-8-7-13(19(23)25)6-5-12-3-2-4-14(9-12)16-10-15(20)11-17(22-16)18(21)24/h2-4,9-11,13H,7-8H2,1H3,(H2,20,22)(H2,21,24)/t13-/m1/s1. The number of amides is 2. The van der Waals surface area contributed by atoms with Crippen LogP contribution < -0.4 is 11.5 Å². The van der Waals surface area contributed by atoms with Crippen LogP contribution in [0.1, 0.15) is 22.5 Å².